The van der Waals surface area contributed by atoms with Crippen LogP contribution in [0, 0.1) is 12.7 Å². The van der Waals surface area contributed by atoms with Gasteiger partial charge in [-0.25, -0.2) is 9.18 Å². The summed E-state index contributed by atoms with van der Waals surface area (Å²) in [5, 5.41) is 3.11. The number of hydrogen-bond donors (Lipinski definition) is 0. The normalized spacial score (nSPS) is 11.9. The summed E-state index contributed by atoms with van der Waals surface area (Å²) in [6, 6.07) is 11.2. The summed E-state index contributed by atoms with van der Waals surface area (Å²) in [4.78, 5) is 12.1. The van der Waals surface area contributed by atoms with Crippen LogP contribution in [0.25, 0.3) is 0 Å². The third kappa shape index (κ3) is 5.30. The number of methoxy groups -OCH3 is 1. The lowest BCUT2D eigenvalue weighted by Crippen LogP contribution is -2.14. The van der Waals surface area contributed by atoms with Crippen LogP contribution in [0.4, 0.5) is 4.39 Å². The maximum Gasteiger partial charge on any atom is 0.367 e. The number of rotatable bonds is 4. The van der Waals surface area contributed by atoms with Crippen molar-refractivity contribution in [3.05, 3.63) is 59.9 Å². The summed E-state index contributed by atoms with van der Waals surface area (Å²) < 4.78 is 46.1. The standard InChI is InChI=1S/C16H14FNO5S2/c1-11-3-7-13(8-4-11)24-15(16(19)22-2)18-23-25(20,21)14-9-5-12(17)6-10-14/h3-10H,1-2H3. The minimum absolute atomic E-state index is 0.290. The van der Waals surface area contributed by atoms with Crippen molar-refractivity contribution in [2.24, 2.45) is 5.16 Å². The zero-order chi connectivity index (χ0) is 18.4. The van der Waals surface area contributed by atoms with Gasteiger partial charge in [0.25, 0.3) is 0 Å². The van der Waals surface area contributed by atoms with Crippen LogP contribution in [0.5, 0.6) is 0 Å². The number of carbonyl (C=O) groups excluding carboxylic acids is 1. The van der Waals surface area contributed by atoms with Crippen LogP contribution in [-0.4, -0.2) is 26.5 Å². The zero-order valence-corrected chi connectivity index (χ0v) is 14.9. The molecule has 0 saturated carbocycles. The third-order valence-corrected chi connectivity index (χ3v) is 4.98. The number of esters is 1. The van der Waals surface area contributed by atoms with Gasteiger partial charge >= 0.3 is 16.1 Å². The van der Waals surface area contributed by atoms with Crippen molar-refractivity contribution in [2.45, 2.75) is 16.7 Å². The lowest BCUT2D eigenvalue weighted by molar-refractivity contribution is -0.132. The van der Waals surface area contributed by atoms with Crippen molar-refractivity contribution in [1.82, 2.24) is 0 Å². The number of hydrogen-bond acceptors (Lipinski definition) is 7. The monoisotopic (exact) mass is 383 g/mol. The van der Waals surface area contributed by atoms with Gasteiger partial charge < -0.3 is 4.74 Å². The molecule has 6 nitrogen and oxygen atoms in total. The van der Waals surface area contributed by atoms with Crippen LogP contribution in [0.3, 0.4) is 0 Å². The van der Waals surface area contributed by atoms with Gasteiger partial charge in [0.15, 0.2) is 0 Å². The highest BCUT2D eigenvalue weighted by Crippen LogP contribution is 2.22. The fourth-order valence-corrected chi connectivity index (χ4v) is 3.14. The highest BCUT2D eigenvalue weighted by molar-refractivity contribution is 8.15. The Morgan fingerprint density at radius 3 is 2.24 bits per heavy atom. The van der Waals surface area contributed by atoms with E-state index in [-0.39, 0.29) is 9.94 Å². The van der Waals surface area contributed by atoms with Crippen molar-refractivity contribution in [3.63, 3.8) is 0 Å². The molecule has 0 fully saturated rings. The van der Waals surface area contributed by atoms with Crippen LogP contribution < -0.4 is 0 Å². The molecular weight excluding hydrogens is 369 g/mol. The predicted octanol–water partition coefficient (Wildman–Crippen LogP) is 3.12. The summed E-state index contributed by atoms with van der Waals surface area (Å²) in [7, 11) is -3.15. The van der Waals surface area contributed by atoms with Crippen LogP contribution in [-0.2, 0) is 23.9 Å². The molecule has 0 saturated heterocycles. The molecule has 0 radical (unpaired) electrons. The lowest BCUT2D eigenvalue weighted by Gasteiger charge is -2.05. The predicted molar refractivity (Wildman–Crippen MR) is 91.2 cm³/mol. The molecule has 0 spiro atoms. The lowest BCUT2D eigenvalue weighted by atomic mass is 10.2. The van der Waals surface area contributed by atoms with E-state index in [1.165, 1.54) is 0 Å². The average molecular weight is 383 g/mol. The Balaban J connectivity index is 2.23. The SMILES string of the molecule is COC(=O)C(=NOS(=O)(=O)c1ccc(F)cc1)Sc1ccc(C)cc1. The number of thioether (sulfide) groups is 1. The number of benzene rings is 2. The molecule has 0 bridgehead atoms. The molecule has 2 aromatic rings. The Hall–Kier alpha value is -2.39. The number of oxime groups is 1. The number of ether oxygens (including phenoxy) is 1. The second-order valence-electron chi connectivity index (χ2n) is 4.79. The van der Waals surface area contributed by atoms with Gasteiger partial charge in [-0.05, 0) is 43.3 Å². The Morgan fingerprint density at radius 2 is 1.68 bits per heavy atom. The maximum absolute atomic E-state index is 12.9. The van der Waals surface area contributed by atoms with Crippen molar-refractivity contribution in [1.29, 1.82) is 0 Å². The molecule has 9 heteroatoms. The van der Waals surface area contributed by atoms with Gasteiger partial charge in [0, 0.05) is 4.90 Å². The van der Waals surface area contributed by atoms with E-state index >= 15 is 0 Å². The minimum Gasteiger partial charge on any atom is -0.464 e. The fourth-order valence-electron chi connectivity index (χ4n) is 1.63. The highest BCUT2D eigenvalue weighted by Gasteiger charge is 2.20. The first kappa shape index (κ1) is 18.9. The zero-order valence-electron chi connectivity index (χ0n) is 13.3. The molecule has 0 aliphatic carbocycles. The molecule has 0 atom stereocenters. The molecule has 0 unspecified atom stereocenters. The molecule has 0 N–H and O–H groups in total. The first-order chi connectivity index (χ1) is 11.8. The Labute approximate surface area is 148 Å². The quantitative estimate of drug-likeness (QED) is 0.265. The van der Waals surface area contributed by atoms with E-state index in [1.54, 1.807) is 12.1 Å². The summed E-state index contributed by atoms with van der Waals surface area (Å²) in [5.74, 6) is -1.44. The van der Waals surface area contributed by atoms with Crippen LogP contribution >= 0.6 is 11.8 Å². The Morgan fingerprint density at radius 1 is 1.08 bits per heavy atom. The molecule has 0 aromatic heterocycles. The largest absolute Gasteiger partial charge is 0.464 e. The van der Waals surface area contributed by atoms with E-state index in [2.05, 4.69) is 14.2 Å². The van der Waals surface area contributed by atoms with Gasteiger partial charge in [-0.1, -0.05) is 34.6 Å². The van der Waals surface area contributed by atoms with Crippen molar-refractivity contribution in [3.8, 4) is 0 Å². The molecule has 2 rings (SSSR count). The number of nitrogens with zero attached hydrogens (tertiary/aromatic N) is 1. The van der Waals surface area contributed by atoms with Crippen LogP contribution in [0.15, 0.2) is 63.5 Å². The van der Waals surface area contributed by atoms with E-state index in [0.717, 1.165) is 48.7 Å². The second kappa shape index (κ2) is 8.13. The Kier molecular flexibility index (Phi) is 6.16. The van der Waals surface area contributed by atoms with Crippen molar-refractivity contribution < 1.29 is 26.6 Å². The topological polar surface area (TPSA) is 82.0 Å². The molecular formula is C16H14FNO5S2. The molecule has 0 heterocycles. The molecule has 25 heavy (non-hydrogen) atoms. The smallest absolute Gasteiger partial charge is 0.367 e. The molecule has 132 valence electrons. The van der Waals surface area contributed by atoms with Crippen LogP contribution in [0.1, 0.15) is 5.56 Å². The van der Waals surface area contributed by atoms with Gasteiger partial charge in [0.05, 0.1) is 7.11 Å². The van der Waals surface area contributed by atoms with E-state index < -0.39 is 21.9 Å². The first-order valence-electron chi connectivity index (χ1n) is 6.92. The first-order valence-corrected chi connectivity index (χ1v) is 9.14. The number of carbonyl (C=O) groups is 1. The van der Waals surface area contributed by atoms with Gasteiger partial charge in [0.2, 0.25) is 5.04 Å². The third-order valence-electron chi connectivity index (χ3n) is 2.92. The van der Waals surface area contributed by atoms with E-state index in [9.17, 15) is 17.6 Å². The molecule has 0 aliphatic heterocycles. The van der Waals surface area contributed by atoms with Crippen molar-refractivity contribution >= 4 is 32.9 Å². The molecule has 0 amide bonds. The van der Waals surface area contributed by atoms with E-state index in [1.807, 2.05) is 19.1 Å². The van der Waals surface area contributed by atoms with E-state index in [0.29, 0.717) is 4.90 Å². The molecule has 0 aliphatic rings. The Bertz CT molecular complexity index is 878. The fraction of sp³-hybridized carbons (Fsp3) is 0.125. The summed E-state index contributed by atoms with van der Waals surface area (Å²) in [5.41, 5.74) is 1.02. The van der Waals surface area contributed by atoms with Gasteiger partial charge in [-0.2, -0.15) is 8.42 Å². The summed E-state index contributed by atoms with van der Waals surface area (Å²) in [6.07, 6.45) is 0. The second-order valence-corrected chi connectivity index (χ2v) is 7.38. The van der Waals surface area contributed by atoms with E-state index in [4.69, 9.17) is 0 Å². The average Bonchev–Trinajstić information content (AvgIpc) is 2.60. The van der Waals surface area contributed by atoms with Gasteiger partial charge in [-0.15, -0.1) is 0 Å². The summed E-state index contributed by atoms with van der Waals surface area (Å²) in [6.45, 7) is 1.90. The van der Waals surface area contributed by atoms with Crippen LogP contribution in [0.2, 0.25) is 0 Å². The molecule has 2 aromatic carbocycles. The highest BCUT2D eigenvalue weighted by atomic mass is 32.2. The summed E-state index contributed by atoms with van der Waals surface area (Å²) >= 11 is 0.894. The van der Waals surface area contributed by atoms with Gasteiger partial charge in [-0.3, -0.25) is 4.28 Å². The van der Waals surface area contributed by atoms with Gasteiger partial charge in [0.1, 0.15) is 10.7 Å². The number of aryl methyl sites for hydroxylation is 1. The van der Waals surface area contributed by atoms with Crippen molar-refractivity contribution in [2.75, 3.05) is 7.11 Å². The number of halogens is 1. The minimum atomic E-state index is -4.29. The maximum atomic E-state index is 12.9.